The van der Waals surface area contributed by atoms with Gasteiger partial charge in [0.15, 0.2) is 6.61 Å². The highest BCUT2D eigenvalue weighted by Gasteiger charge is 2.25. The van der Waals surface area contributed by atoms with Crippen molar-refractivity contribution < 1.29 is 18.7 Å². The molecule has 3 rings (SSSR count). The summed E-state index contributed by atoms with van der Waals surface area (Å²) in [5.74, 6) is 1.41. The largest absolute Gasteiger partial charge is 0.484 e. The van der Waals surface area contributed by atoms with Crippen LogP contribution in [0.15, 0.2) is 41.0 Å². The molecule has 0 radical (unpaired) electrons. The number of hydrogen-bond donors (Lipinski definition) is 1. The quantitative estimate of drug-likeness (QED) is 0.782. The van der Waals surface area contributed by atoms with Crippen LogP contribution in [0.4, 0.5) is 0 Å². The Balaban J connectivity index is 0.00000261. The van der Waals surface area contributed by atoms with Crippen molar-refractivity contribution in [3.05, 3.63) is 53.5 Å². The Kier molecular flexibility index (Phi) is 8.16. The molecule has 148 valence electrons. The Hall–Kier alpha value is -2.02. The van der Waals surface area contributed by atoms with Gasteiger partial charge in [0.05, 0.1) is 25.5 Å². The van der Waals surface area contributed by atoms with Crippen LogP contribution in [0.5, 0.6) is 5.75 Å². The lowest BCUT2D eigenvalue weighted by atomic mass is 10.1. The number of benzene rings is 1. The van der Waals surface area contributed by atoms with Gasteiger partial charge in [0, 0.05) is 19.6 Å². The van der Waals surface area contributed by atoms with Crippen LogP contribution >= 0.6 is 12.4 Å². The van der Waals surface area contributed by atoms with E-state index in [-0.39, 0.29) is 31.0 Å². The molecule has 0 bridgehead atoms. The number of aryl methyl sites for hydroxylation is 2. The number of nitrogens with zero attached hydrogens (tertiary/aromatic N) is 1. The Morgan fingerprint density at radius 2 is 2.00 bits per heavy atom. The zero-order chi connectivity index (χ0) is 18.4. The number of hydrogen-bond acceptors (Lipinski definition) is 5. The van der Waals surface area contributed by atoms with Crippen LogP contribution < -0.4 is 10.1 Å². The zero-order valence-electron chi connectivity index (χ0n) is 15.8. The Morgan fingerprint density at radius 3 is 2.67 bits per heavy atom. The predicted octanol–water partition coefficient (Wildman–Crippen LogP) is 2.89. The molecular weight excluding hydrogens is 368 g/mol. The minimum absolute atomic E-state index is 0. The number of morpholine rings is 1. The number of rotatable bonds is 7. The van der Waals surface area contributed by atoms with Crippen molar-refractivity contribution in [3.8, 4) is 5.75 Å². The normalized spacial score (nSPS) is 15.6. The number of carbonyl (C=O) groups is 1. The first-order valence-corrected chi connectivity index (χ1v) is 8.95. The molecule has 0 saturated carbocycles. The van der Waals surface area contributed by atoms with Gasteiger partial charge >= 0.3 is 0 Å². The van der Waals surface area contributed by atoms with Crippen LogP contribution in [-0.2, 0) is 9.53 Å². The summed E-state index contributed by atoms with van der Waals surface area (Å²) >= 11 is 0. The molecular formula is C20H27ClN2O4. The van der Waals surface area contributed by atoms with Crippen molar-refractivity contribution in [1.82, 2.24) is 10.2 Å². The van der Waals surface area contributed by atoms with E-state index in [1.165, 1.54) is 5.56 Å². The number of carbonyl (C=O) groups excluding carboxylic acids is 1. The summed E-state index contributed by atoms with van der Waals surface area (Å²) in [6.07, 6.45) is 1.66. The summed E-state index contributed by atoms with van der Waals surface area (Å²) in [5, 5.41) is 2.96. The zero-order valence-corrected chi connectivity index (χ0v) is 16.6. The summed E-state index contributed by atoms with van der Waals surface area (Å²) in [6, 6.07) is 9.63. The van der Waals surface area contributed by atoms with Crippen molar-refractivity contribution in [2.24, 2.45) is 0 Å². The standard InChI is InChI=1S/C20H26N2O4.ClH/c1-15-5-6-17(12-16(15)2)26-14-20(23)21-13-18(19-4-3-9-25-19)22-7-10-24-11-8-22;/h3-6,9,12,18H,7-8,10-11,13-14H2,1-2H3,(H,21,23);1H. The number of furan rings is 1. The first-order chi connectivity index (χ1) is 12.6. The fraction of sp³-hybridized carbons (Fsp3) is 0.450. The SMILES string of the molecule is Cc1ccc(OCC(=O)NCC(c2ccco2)N2CCOCC2)cc1C.Cl. The number of halogens is 1. The number of amides is 1. The molecule has 1 amide bonds. The average molecular weight is 395 g/mol. The maximum atomic E-state index is 12.2. The van der Waals surface area contributed by atoms with E-state index in [9.17, 15) is 4.79 Å². The summed E-state index contributed by atoms with van der Waals surface area (Å²) in [4.78, 5) is 14.5. The molecule has 1 aliphatic heterocycles. The monoisotopic (exact) mass is 394 g/mol. The van der Waals surface area contributed by atoms with Crippen LogP contribution in [0.2, 0.25) is 0 Å². The molecule has 1 aliphatic rings. The molecule has 1 fully saturated rings. The lowest BCUT2D eigenvalue weighted by Crippen LogP contribution is -2.44. The third-order valence-corrected chi connectivity index (χ3v) is 4.70. The molecule has 0 spiro atoms. The summed E-state index contributed by atoms with van der Waals surface area (Å²) in [6.45, 7) is 7.58. The minimum Gasteiger partial charge on any atom is -0.484 e. The molecule has 27 heavy (non-hydrogen) atoms. The fourth-order valence-electron chi connectivity index (χ4n) is 2.99. The Labute approximate surface area is 166 Å². The van der Waals surface area contributed by atoms with Crippen molar-refractivity contribution in [3.63, 3.8) is 0 Å². The second-order valence-corrected chi connectivity index (χ2v) is 6.52. The van der Waals surface area contributed by atoms with Crippen LogP contribution in [0, 0.1) is 13.8 Å². The molecule has 1 aromatic heterocycles. The highest BCUT2D eigenvalue weighted by molar-refractivity contribution is 5.85. The second-order valence-electron chi connectivity index (χ2n) is 6.52. The average Bonchev–Trinajstić information content (AvgIpc) is 3.18. The van der Waals surface area contributed by atoms with Gasteiger partial charge < -0.3 is 19.2 Å². The van der Waals surface area contributed by atoms with Gasteiger partial charge in [-0.05, 0) is 49.2 Å². The van der Waals surface area contributed by atoms with Gasteiger partial charge in [0.2, 0.25) is 0 Å². The first kappa shape index (κ1) is 21.3. The van der Waals surface area contributed by atoms with Gasteiger partial charge in [0.25, 0.3) is 5.91 Å². The van der Waals surface area contributed by atoms with Crippen molar-refractivity contribution >= 4 is 18.3 Å². The summed E-state index contributed by atoms with van der Waals surface area (Å²) < 4.78 is 16.6. The summed E-state index contributed by atoms with van der Waals surface area (Å²) in [7, 11) is 0. The minimum atomic E-state index is -0.145. The maximum absolute atomic E-state index is 12.2. The van der Waals surface area contributed by atoms with Gasteiger partial charge in [-0.15, -0.1) is 12.4 Å². The second kappa shape index (κ2) is 10.3. The van der Waals surface area contributed by atoms with Crippen molar-refractivity contribution in [1.29, 1.82) is 0 Å². The Morgan fingerprint density at radius 1 is 1.22 bits per heavy atom. The smallest absolute Gasteiger partial charge is 0.258 e. The third-order valence-electron chi connectivity index (χ3n) is 4.70. The molecule has 1 N–H and O–H groups in total. The third kappa shape index (κ3) is 5.99. The van der Waals surface area contributed by atoms with Crippen molar-refractivity contribution in [2.45, 2.75) is 19.9 Å². The molecule has 1 unspecified atom stereocenters. The van der Waals surface area contributed by atoms with E-state index in [0.717, 1.165) is 24.4 Å². The molecule has 1 atom stereocenters. The van der Waals surface area contributed by atoms with E-state index >= 15 is 0 Å². The first-order valence-electron chi connectivity index (χ1n) is 8.95. The molecule has 0 aliphatic carbocycles. The number of nitrogens with one attached hydrogen (secondary N) is 1. The number of ether oxygens (including phenoxy) is 2. The van der Waals surface area contributed by atoms with E-state index in [0.29, 0.717) is 25.5 Å². The van der Waals surface area contributed by atoms with Gasteiger partial charge in [0.1, 0.15) is 11.5 Å². The molecule has 6 nitrogen and oxygen atoms in total. The van der Waals surface area contributed by atoms with Crippen LogP contribution in [0.25, 0.3) is 0 Å². The topological polar surface area (TPSA) is 63.9 Å². The molecule has 7 heteroatoms. The van der Waals surface area contributed by atoms with Crippen LogP contribution in [0.3, 0.4) is 0 Å². The fourth-order valence-corrected chi connectivity index (χ4v) is 2.99. The maximum Gasteiger partial charge on any atom is 0.258 e. The van der Waals surface area contributed by atoms with Crippen LogP contribution in [-0.4, -0.2) is 50.3 Å². The van der Waals surface area contributed by atoms with E-state index < -0.39 is 0 Å². The van der Waals surface area contributed by atoms with E-state index in [4.69, 9.17) is 13.9 Å². The van der Waals surface area contributed by atoms with Gasteiger partial charge in [-0.3, -0.25) is 9.69 Å². The lowest BCUT2D eigenvalue weighted by molar-refractivity contribution is -0.123. The summed E-state index contributed by atoms with van der Waals surface area (Å²) in [5.41, 5.74) is 2.35. The highest BCUT2D eigenvalue weighted by atomic mass is 35.5. The lowest BCUT2D eigenvalue weighted by Gasteiger charge is -2.33. The van der Waals surface area contributed by atoms with Gasteiger partial charge in [-0.2, -0.15) is 0 Å². The van der Waals surface area contributed by atoms with Crippen LogP contribution in [0.1, 0.15) is 22.9 Å². The van der Waals surface area contributed by atoms with E-state index in [1.54, 1.807) is 6.26 Å². The Bertz CT molecular complexity index is 715. The van der Waals surface area contributed by atoms with Crippen molar-refractivity contribution in [2.75, 3.05) is 39.5 Å². The van der Waals surface area contributed by atoms with Gasteiger partial charge in [-0.1, -0.05) is 6.07 Å². The molecule has 2 heterocycles. The van der Waals surface area contributed by atoms with E-state index in [2.05, 4.69) is 10.2 Å². The predicted molar refractivity (Wildman–Crippen MR) is 106 cm³/mol. The molecule has 1 aromatic carbocycles. The van der Waals surface area contributed by atoms with E-state index in [1.807, 2.05) is 44.2 Å². The van der Waals surface area contributed by atoms with Gasteiger partial charge in [-0.25, -0.2) is 0 Å². The molecule has 1 saturated heterocycles. The molecule has 2 aromatic rings. The highest BCUT2D eigenvalue weighted by Crippen LogP contribution is 2.21.